The minimum Gasteiger partial charge on any atom is -0.479 e. The van der Waals surface area contributed by atoms with Crippen LogP contribution in [0.4, 0.5) is 0 Å². The number of aliphatic hydroxyl groups excluding tert-OH is 1. The number of carbonyl (C=O) groups is 1. The number of hydrogen-bond donors (Lipinski definition) is 2. The Morgan fingerprint density at radius 2 is 1.39 bits per heavy atom. The van der Waals surface area contributed by atoms with Crippen molar-refractivity contribution in [3.05, 3.63) is 72.8 Å². The molecule has 0 aliphatic rings. The summed E-state index contributed by atoms with van der Waals surface area (Å²) in [6.07, 6.45) is 5.14. The van der Waals surface area contributed by atoms with Crippen molar-refractivity contribution < 1.29 is 15.0 Å². The maximum Gasteiger partial charge on any atom is 0.337 e. The van der Waals surface area contributed by atoms with Crippen molar-refractivity contribution in [2.45, 2.75) is 6.10 Å². The number of hydrogen-bond acceptors (Lipinski definition) is 4. The van der Waals surface area contributed by atoms with E-state index >= 15 is 0 Å². The number of rotatable bonds is 4. The number of carboxylic acid groups (broad SMARTS) is 1. The molecular formula is C18H14N2O3. The van der Waals surface area contributed by atoms with E-state index in [0.29, 0.717) is 5.56 Å². The van der Waals surface area contributed by atoms with E-state index in [9.17, 15) is 9.90 Å². The van der Waals surface area contributed by atoms with Crippen LogP contribution in [0.15, 0.2) is 67.3 Å². The summed E-state index contributed by atoms with van der Waals surface area (Å²) in [7, 11) is 0. The summed E-state index contributed by atoms with van der Waals surface area (Å²) in [5.74, 6) is -1.29. The van der Waals surface area contributed by atoms with E-state index in [0.717, 1.165) is 22.3 Å². The molecule has 0 saturated carbocycles. The van der Waals surface area contributed by atoms with Gasteiger partial charge in [0.25, 0.3) is 0 Å². The van der Waals surface area contributed by atoms with Gasteiger partial charge in [0.1, 0.15) is 0 Å². The summed E-state index contributed by atoms with van der Waals surface area (Å²) in [6, 6.07) is 12.6. The van der Waals surface area contributed by atoms with Crippen LogP contribution in [0.3, 0.4) is 0 Å². The van der Waals surface area contributed by atoms with E-state index in [-0.39, 0.29) is 0 Å². The number of nitrogens with zero attached hydrogens (tertiary/aromatic N) is 2. The van der Waals surface area contributed by atoms with E-state index < -0.39 is 12.1 Å². The molecular weight excluding hydrogens is 292 g/mol. The van der Waals surface area contributed by atoms with Gasteiger partial charge in [-0.15, -0.1) is 0 Å². The lowest BCUT2D eigenvalue weighted by Crippen LogP contribution is -2.10. The van der Waals surface area contributed by atoms with Gasteiger partial charge in [-0.3, -0.25) is 9.97 Å². The zero-order chi connectivity index (χ0) is 16.2. The van der Waals surface area contributed by atoms with Crippen molar-refractivity contribution in [3.63, 3.8) is 0 Å². The van der Waals surface area contributed by atoms with Crippen LogP contribution in [0, 0.1) is 0 Å². The van der Waals surface area contributed by atoms with Gasteiger partial charge in [-0.05, 0) is 47.0 Å². The third kappa shape index (κ3) is 3.25. The van der Waals surface area contributed by atoms with Crippen LogP contribution >= 0.6 is 0 Å². The highest BCUT2D eigenvalue weighted by atomic mass is 16.4. The Kier molecular flexibility index (Phi) is 4.12. The normalized spacial score (nSPS) is 11.9. The van der Waals surface area contributed by atoms with Gasteiger partial charge < -0.3 is 10.2 Å². The molecule has 2 aromatic heterocycles. The van der Waals surface area contributed by atoms with Crippen molar-refractivity contribution in [2.24, 2.45) is 0 Å². The van der Waals surface area contributed by atoms with Crippen LogP contribution in [-0.4, -0.2) is 26.2 Å². The van der Waals surface area contributed by atoms with E-state index in [1.54, 1.807) is 49.1 Å². The molecule has 1 unspecified atom stereocenters. The molecule has 5 nitrogen and oxygen atoms in total. The van der Waals surface area contributed by atoms with E-state index in [4.69, 9.17) is 5.11 Å². The number of aliphatic carboxylic acids is 1. The second kappa shape index (κ2) is 6.37. The van der Waals surface area contributed by atoms with Crippen LogP contribution in [0.2, 0.25) is 0 Å². The molecule has 0 amide bonds. The number of benzene rings is 1. The molecule has 0 bridgehead atoms. The van der Waals surface area contributed by atoms with Crippen molar-refractivity contribution >= 4 is 5.97 Å². The molecule has 0 radical (unpaired) electrons. The molecule has 0 aliphatic carbocycles. The molecule has 2 heterocycles. The lowest BCUT2D eigenvalue weighted by Gasteiger charge is -2.12. The zero-order valence-electron chi connectivity index (χ0n) is 12.1. The van der Waals surface area contributed by atoms with Crippen molar-refractivity contribution in [3.8, 4) is 22.3 Å². The average molecular weight is 306 g/mol. The fraction of sp³-hybridized carbons (Fsp3) is 0.0556. The molecule has 1 aromatic carbocycles. The van der Waals surface area contributed by atoms with Gasteiger partial charge in [-0.25, -0.2) is 4.79 Å². The summed E-state index contributed by atoms with van der Waals surface area (Å²) in [5.41, 5.74) is 3.58. The molecule has 0 aliphatic heterocycles. The van der Waals surface area contributed by atoms with Crippen LogP contribution in [-0.2, 0) is 4.79 Å². The van der Waals surface area contributed by atoms with Gasteiger partial charge in [0.15, 0.2) is 6.10 Å². The first-order valence-electron chi connectivity index (χ1n) is 7.02. The monoisotopic (exact) mass is 306 g/mol. The minimum atomic E-state index is -1.58. The Labute approximate surface area is 132 Å². The molecule has 1 atom stereocenters. The first-order chi connectivity index (χ1) is 11.1. The Balaban J connectivity index is 2.17. The summed E-state index contributed by atoms with van der Waals surface area (Å²) in [6.45, 7) is 0. The smallest absolute Gasteiger partial charge is 0.337 e. The largest absolute Gasteiger partial charge is 0.479 e. The van der Waals surface area contributed by atoms with Crippen LogP contribution < -0.4 is 0 Å². The predicted molar refractivity (Wildman–Crippen MR) is 85.5 cm³/mol. The minimum absolute atomic E-state index is 0.317. The van der Waals surface area contributed by atoms with Gasteiger partial charge >= 0.3 is 5.97 Å². The standard InChI is InChI=1S/C18H14N2O3/c21-17(18(22)23)16-8-14(12-3-1-5-19-10-12)7-15(9-16)13-4-2-6-20-11-13/h1-11,17,21H,(H,22,23). The van der Waals surface area contributed by atoms with E-state index in [2.05, 4.69) is 9.97 Å². The van der Waals surface area contributed by atoms with Gasteiger partial charge in [0.05, 0.1) is 0 Å². The Morgan fingerprint density at radius 1 is 0.870 bits per heavy atom. The quantitative estimate of drug-likeness (QED) is 0.774. The fourth-order valence-corrected chi connectivity index (χ4v) is 2.35. The first kappa shape index (κ1) is 14.9. The van der Waals surface area contributed by atoms with Crippen molar-refractivity contribution in [1.82, 2.24) is 9.97 Å². The molecule has 0 saturated heterocycles. The Morgan fingerprint density at radius 3 is 1.78 bits per heavy atom. The zero-order valence-corrected chi connectivity index (χ0v) is 12.1. The number of aliphatic hydroxyl groups is 1. The Hall–Kier alpha value is -3.05. The third-order valence-corrected chi connectivity index (χ3v) is 3.49. The van der Waals surface area contributed by atoms with Gasteiger partial charge in [-0.2, -0.15) is 0 Å². The molecule has 3 rings (SSSR count). The van der Waals surface area contributed by atoms with Gasteiger partial charge in [-0.1, -0.05) is 12.1 Å². The second-order valence-electron chi connectivity index (χ2n) is 5.07. The predicted octanol–water partition coefficient (Wildman–Crippen LogP) is 2.93. The molecule has 0 spiro atoms. The third-order valence-electron chi connectivity index (χ3n) is 3.49. The van der Waals surface area contributed by atoms with Crippen molar-refractivity contribution in [1.29, 1.82) is 0 Å². The topological polar surface area (TPSA) is 83.3 Å². The lowest BCUT2D eigenvalue weighted by molar-refractivity contribution is -0.146. The second-order valence-corrected chi connectivity index (χ2v) is 5.07. The molecule has 23 heavy (non-hydrogen) atoms. The van der Waals surface area contributed by atoms with Crippen LogP contribution in [0.1, 0.15) is 11.7 Å². The number of aromatic nitrogens is 2. The molecule has 2 N–H and O–H groups in total. The highest BCUT2D eigenvalue weighted by Crippen LogP contribution is 2.30. The summed E-state index contributed by atoms with van der Waals surface area (Å²) < 4.78 is 0. The lowest BCUT2D eigenvalue weighted by atomic mass is 9.95. The average Bonchev–Trinajstić information content (AvgIpc) is 2.62. The maximum atomic E-state index is 11.1. The molecule has 5 heteroatoms. The Bertz CT molecular complexity index is 762. The number of pyridine rings is 2. The SMILES string of the molecule is O=C(O)C(O)c1cc(-c2cccnc2)cc(-c2cccnc2)c1. The number of carboxylic acids is 1. The van der Waals surface area contributed by atoms with Gasteiger partial charge in [0.2, 0.25) is 0 Å². The summed E-state index contributed by atoms with van der Waals surface area (Å²) in [4.78, 5) is 19.3. The molecule has 3 aromatic rings. The van der Waals surface area contributed by atoms with Gasteiger partial charge in [0, 0.05) is 35.9 Å². The summed E-state index contributed by atoms with van der Waals surface area (Å²) in [5, 5.41) is 19.0. The maximum absolute atomic E-state index is 11.1. The highest BCUT2D eigenvalue weighted by Gasteiger charge is 2.18. The summed E-state index contributed by atoms with van der Waals surface area (Å²) >= 11 is 0. The van der Waals surface area contributed by atoms with Crippen molar-refractivity contribution in [2.75, 3.05) is 0 Å². The highest BCUT2D eigenvalue weighted by molar-refractivity contribution is 5.79. The van der Waals surface area contributed by atoms with Crippen LogP contribution in [0.5, 0.6) is 0 Å². The van der Waals surface area contributed by atoms with E-state index in [1.165, 1.54) is 0 Å². The van der Waals surface area contributed by atoms with Crippen LogP contribution in [0.25, 0.3) is 22.3 Å². The molecule has 0 fully saturated rings. The molecule has 114 valence electrons. The van der Waals surface area contributed by atoms with E-state index in [1.807, 2.05) is 18.2 Å². The fourth-order valence-electron chi connectivity index (χ4n) is 2.35. The first-order valence-corrected chi connectivity index (χ1v) is 7.02.